The lowest BCUT2D eigenvalue weighted by molar-refractivity contribution is 0.0690. The van der Waals surface area contributed by atoms with Crippen LogP contribution in [0.25, 0.3) is 0 Å². The van der Waals surface area contributed by atoms with Crippen LogP contribution in [-0.2, 0) is 13.7 Å². The number of rotatable bonds is 5. The number of methoxy groups -OCH3 is 1. The van der Waals surface area contributed by atoms with E-state index in [2.05, 4.69) is 5.10 Å². The number of carboxylic acid groups (broad SMARTS) is 1. The van der Waals surface area contributed by atoms with E-state index >= 15 is 0 Å². The zero-order valence-corrected chi connectivity index (χ0v) is 11.7. The van der Waals surface area contributed by atoms with Crippen LogP contribution < -0.4 is 9.47 Å². The summed E-state index contributed by atoms with van der Waals surface area (Å²) in [4.78, 5) is 11.2. The van der Waals surface area contributed by atoms with Crippen LogP contribution in [0.4, 0.5) is 0 Å². The van der Waals surface area contributed by atoms with Gasteiger partial charge in [0.25, 0.3) is 0 Å². The minimum atomic E-state index is -1.14. The molecule has 0 bridgehead atoms. The molecule has 0 atom stereocenters. The van der Waals surface area contributed by atoms with Gasteiger partial charge >= 0.3 is 5.97 Å². The lowest BCUT2D eigenvalue weighted by Crippen LogP contribution is -2.06. The van der Waals surface area contributed by atoms with E-state index in [-0.39, 0.29) is 28.7 Å². The molecular weight excluding hydrogens is 284 g/mol. The molecule has 0 saturated carbocycles. The quantitative estimate of drug-likeness (QED) is 0.917. The number of hydrogen-bond donors (Lipinski definition) is 1. The molecule has 0 aliphatic heterocycles. The van der Waals surface area contributed by atoms with Crippen molar-refractivity contribution in [1.29, 1.82) is 0 Å². The standard InChI is InChI=1S/C13H13ClN2O4/c1-16-4-3-9(15-16)7-20-12-10(13(17)18)5-8(14)6-11(12)19-2/h3-6H,7H2,1-2H3,(H,17,18). The lowest BCUT2D eigenvalue weighted by atomic mass is 10.2. The van der Waals surface area contributed by atoms with Gasteiger partial charge < -0.3 is 14.6 Å². The molecule has 106 valence electrons. The number of benzene rings is 1. The Balaban J connectivity index is 2.31. The number of nitrogens with zero attached hydrogens (tertiary/aromatic N) is 2. The number of carbonyl (C=O) groups is 1. The monoisotopic (exact) mass is 296 g/mol. The fourth-order valence-electron chi connectivity index (χ4n) is 1.71. The first kappa shape index (κ1) is 14.2. The summed E-state index contributed by atoms with van der Waals surface area (Å²) < 4.78 is 12.3. The average molecular weight is 297 g/mol. The molecule has 0 aliphatic rings. The third-order valence-corrected chi connectivity index (χ3v) is 2.82. The molecule has 1 heterocycles. The highest BCUT2D eigenvalue weighted by atomic mass is 35.5. The Morgan fingerprint density at radius 2 is 2.25 bits per heavy atom. The van der Waals surface area contributed by atoms with E-state index < -0.39 is 5.97 Å². The molecule has 0 unspecified atom stereocenters. The van der Waals surface area contributed by atoms with E-state index in [4.69, 9.17) is 21.1 Å². The summed E-state index contributed by atoms with van der Waals surface area (Å²) in [7, 11) is 3.21. The van der Waals surface area contributed by atoms with Crippen molar-refractivity contribution in [3.05, 3.63) is 40.7 Å². The molecule has 6 nitrogen and oxygen atoms in total. The van der Waals surface area contributed by atoms with E-state index in [1.54, 1.807) is 24.0 Å². The number of ether oxygens (including phenoxy) is 2. The van der Waals surface area contributed by atoms with E-state index in [1.807, 2.05) is 0 Å². The number of aromatic carboxylic acids is 1. The van der Waals surface area contributed by atoms with Crippen LogP contribution in [0.15, 0.2) is 24.4 Å². The highest BCUT2D eigenvalue weighted by molar-refractivity contribution is 6.31. The Morgan fingerprint density at radius 3 is 2.80 bits per heavy atom. The van der Waals surface area contributed by atoms with Crippen LogP contribution in [0.1, 0.15) is 16.1 Å². The van der Waals surface area contributed by atoms with Crippen LogP contribution in [0.2, 0.25) is 5.02 Å². The molecule has 0 fully saturated rings. The predicted octanol–water partition coefficient (Wildman–Crippen LogP) is 2.36. The zero-order valence-electron chi connectivity index (χ0n) is 11.0. The van der Waals surface area contributed by atoms with Gasteiger partial charge in [0, 0.05) is 24.3 Å². The maximum atomic E-state index is 11.2. The van der Waals surface area contributed by atoms with E-state index in [9.17, 15) is 9.90 Å². The number of aryl methyl sites for hydroxylation is 1. The van der Waals surface area contributed by atoms with Crippen LogP contribution in [-0.4, -0.2) is 28.0 Å². The van der Waals surface area contributed by atoms with Gasteiger partial charge in [-0.2, -0.15) is 5.10 Å². The Hall–Kier alpha value is -2.21. The van der Waals surface area contributed by atoms with Gasteiger partial charge in [-0.05, 0) is 12.1 Å². The summed E-state index contributed by atoms with van der Waals surface area (Å²) >= 11 is 5.85. The summed E-state index contributed by atoms with van der Waals surface area (Å²) in [6.45, 7) is 0.138. The van der Waals surface area contributed by atoms with E-state index in [0.717, 1.165) is 0 Å². The van der Waals surface area contributed by atoms with Gasteiger partial charge in [0.2, 0.25) is 0 Å². The van der Waals surface area contributed by atoms with Crippen molar-refractivity contribution in [1.82, 2.24) is 9.78 Å². The lowest BCUT2D eigenvalue weighted by Gasteiger charge is -2.13. The fourth-order valence-corrected chi connectivity index (χ4v) is 1.92. The summed E-state index contributed by atoms with van der Waals surface area (Å²) in [6, 6.07) is 4.60. The van der Waals surface area contributed by atoms with Crippen LogP contribution in [0, 0.1) is 0 Å². The van der Waals surface area contributed by atoms with Gasteiger partial charge in [-0.3, -0.25) is 4.68 Å². The average Bonchev–Trinajstić information content (AvgIpc) is 2.81. The Morgan fingerprint density at radius 1 is 1.50 bits per heavy atom. The van der Waals surface area contributed by atoms with Crippen molar-refractivity contribution in [2.75, 3.05) is 7.11 Å². The minimum absolute atomic E-state index is 0.0507. The van der Waals surface area contributed by atoms with Crippen molar-refractivity contribution < 1.29 is 19.4 Å². The molecule has 2 aromatic rings. The third kappa shape index (κ3) is 3.03. The number of halogens is 1. The van der Waals surface area contributed by atoms with Gasteiger partial charge in [-0.15, -0.1) is 0 Å². The number of hydrogen-bond acceptors (Lipinski definition) is 4. The molecule has 0 aliphatic carbocycles. The second-order valence-corrected chi connectivity index (χ2v) is 4.50. The highest BCUT2D eigenvalue weighted by Crippen LogP contribution is 2.35. The maximum Gasteiger partial charge on any atom is 0.339 e. The van der Waals surface area contributed by atoms with Crippen molar-refractivity contribution in [3.63, 3.8) is 0 Å². The number of carboxylic acids is 1. The van der Waals surface area contributed by atoms with Crippen molar-refractivity contribution in [2.24, 2.45) is 7.05 Å². The Kier molecular flexibility index (Phi) is 4.14. The molecule has 0 radical (unpaired) electrons. The molecule has 7 heteroatoms. The topological polar surface area (TPSA) is 73.6 Å². The van der Waals surface area contributed by atoms with E-state index in [0.29, 0.717) is 5.69 Å². The predicted molar refractivity (Wildman–Crippen MR) is 72.5 cm³/mol. The summed E-state index contributed by atoms with van der Waals surface area (Å²) in [5.41, 5.74) is 0.631. The normalized spacial score (nSPS) is 10.3. The van der Waals surface area contributed by atoms with Crippen LogP contribution >= 0.6 is 11.6 Å². The smallest absolute Gasteiger partial charge is 0.339 e. The molecule has 0 saturated heterocycles. The fraction of sp³-hybridized carbons (Fsp3) is 0.231. The van der Waals surface area contributed by atoms with Crippen molar-refractivity contribution in [3.8, 4) is 11.5 Å². The SMILES string of the molecule is COc1cc(Cl)cc(C(=O)O)c1OCc1ccn(C)n1. The molecule has 2 rings (SSSR count). The highest BCUT2D eigenvalue weighted by Gasteiger charge is 2.18. The Bertz CT molecular complexity index is 639. The van der Waals surface area contributed by atoms with Crippen LogP contribution in [0.3, 0.4) is 0 Å². The minimum Gasteiger partial charge on any atom is -0.493 e. The van der Waals surface area contributed by atoms with Gasteiger partial charge in [-0.25, -0.2) is 4.79 Å². The summed E-state index contributed by atoms with van der Waals surface area (Å²) in [5.74, 6) is -0.734. The third-order valence-electron chi connectivity index (χ3n) is 2.60. The van der Waals surface area contributed by atoms with E-state index in [1.165, 1.54) is 19.2 Å². The van der Waals surface area contributed by atoms with Crippen molar-refractivity contribution >= 4 is 17.6 Å². The molecule has 20 heavy (non-hydrogen) atoms. The van der Waals surface area contributed by atoms with Crippen molar-refractivity contribution in [2.45, 2.75) is 6.61 Å². The number of aromatic nitrogens is 2. The first-order valence-corrected chi connectivity index (χ1v) is 6.11. The molecule has 1 aromatic carbocycles. The Labute approximate surface area is 120 Å². The molecule has 1 aromatic heterocycles. The van der Waals surface area contributed by atoms with Gasteiger partial charge in [0.1, 0.15) is 12.2 Å². The summed E-state index contributed by atoms with van der Waals surface area (Å²) in [5, 5.41) is 13.6. The molecular formula is C13H13ClN2O4. The zero-order chi connectivity index (χ0) is 14.7. The second-order valence-electron chi connectivity index (χ2n) is 4.06. The second kappa shape index (κ2) is 5.83. The van der Waals surface area contributed by atoms with Gasteiger partial charge in [-0.1, -0.05) is 11.6 Å². The van der Waals surface area contributed by atoms with Gasteiger partial charge in [0.05, 0.1) is 12.8 Å². The molecule has 1 N–H and O–H groups in total. The summed E-state index contributed by atoms with van der Waals surface area (Å²) in [6.07, 6.45) is 1.77. The first-order chi connectivity index (χ1) is 9.51. The maximum absolute atomic E-state index is 11.2. The van der Waals surface area contributed by atoms with Gasteiger partial charge in [0.15, 0.2) is 11.5 Å². The largest absolute Gasteiger partial charge is 0.493 e. The van der Waals surface area contributed by atoms with Crippen LogP contribution in [0.5, 0.6) is 11.5 Å². The molecule has 0 spiro atoms. The molecule has 0 amide bonds. The first-order valence-electron chi connectivity index (χ1n) is 5.73.